The number of carbonyl (C=O) groups is 1. The van der Waals surface area contributed by atoms with Gasteiger partial charge in [-0.15, -0.1) is 11.6 Å². The molecule has 0 bridgehead atoms. The number of halogens is 2. The summed E-state index contributed by atoms with van der Waals surface area (Å²) < 4.78 is 0.798. The van der Waals surface area contributed by atoms with Gasteiger partial charge in [0, 0.05) is 0 Å². The first kappa shape index (κ1) is 8.55. The summed E-state index contributed by atoms with van der Waals surface area (Å²) in [7, 11) is 0. The third kappa shape index (κ3) is 2.51. The maximum absolute atomic E-state index is 10.7. The average Bonchev–Trinajstić information content (AvgIpc) is 2.35. The largest absolute Gasteiger partial charge is 0.272 e. The van der Waals surface area contributed by atoms with E-state index in [1.54, 1.807) is 12.4 Å². The molecule has 1 rings (SSSR count). The number of amides is 1. The molecular formula is C5H5BrClN3O. The zero-order valence-corrected chi connectivity index (χ0v) is 7.76. The summed E-state index contributed by atoms with van der Waals surface area (Å²) in [6.07, 6.45) is 3.18. The fourth-order valence-electron chi connectivity index (χ4n) is 0.520. The number of hydrogen-bond acceptors (Lipinski definition) is 2. The predicted octanol–water partition coefficient (Wildman–Crippen LogP) is 0.954. The molecule has 1 aromatic heterocycles. The second-order valence-electron chi connectivity index (χ2n) is 1.77. The van der Waals surface area contributed by atoms with Crippen molar-refractivity contribution in [3.63, 3.8) is 0 Å². The highest BCUT2D eigenvalue weighted by Crippen LogP contribution is 2.04. The molecular weight excluding hydrogens is 233 g/mol. The number of alkyl halides is 1. The maximum atomic E-state index is 10.7. The monoisotopic (exact) mass is 237 g/mol. The molecule has 11 heavy (non-hydrogen) atoms. The van der Waals surface area contributed by atoms with Crippen LogP contribution in [0.3, 0.4) is 0 Å². The fourth-order valence-corrected chi connectivity index (χ4v) is 0.865. The van der Waals surface area contributed by atoms with Gasteiger partial charge in [0.05, 0.1) is 16.9 Å². The van der Waals surface area contributed by atoms with Crippen molar-refractivity contribution in [2.75, 3.05) is 11.3 Å². The van der Waals surface area contributed by atoms with E-state index in [1.165, 1.54) is 4.79 Å². The molecule has 6 heteroatoms. The van der Waals surface area contributed by atoms with Gasteiger partial charge >= 0.3 is 0 Å². The molecule has 1 amide bonds. The smallest absolute Gasteiger partial charge is 0.254 e. The van der Waals surface area contributed by atoms with Crippen molar-refractivity contribution in [2.24, 2.45) is 0 Å². The Balaban J connectivity index is 2.57. The minimum absolute atomic E-state index is 0.0719. The lowest BCUT2D eigenvalue weighted by atomic mass is 10.7. The van der Waals surface area contributed by atoms with Gasteiger partial charge in [-0.2, -0.15) is 9.89 Å². The van der Waals surface area contributed by atoms with E-state index in [2.05, 4.69) is 26.5 Å². The average molecular weight is 238 g/mol. The van der Waals surface area contributed by atoms with Gasteiger partial charge < -0.3 is 0 Å². The van der Waals surface area contributed by atoms with Crippen LogP contribution in [-0.2, 0) is 4.79 Å². The minimum Gasteiger partial charge on any atom is -0.272 e. The molecule has 0 saturated carbocycles. The molecule has 0 aliphatic heterocycles. The Morgan fingerprint density at radius 3 is 3.09 bits per heavy atom. The van der Waals surface area contributed by atoms with Crippen molar-refractivity contribution in [3.8, 4) is 0 Å². The molecule has 1 N–H and O–H groups in total. The third-order valence-electron chi connectivity index (χ3n) is 0.912. The van der Waals surface area contributed by atoms with Crippen LogP contribution < -0.4 is 5.43 Å². The standard InChI is InChI=1S/C5H5BrClN3O/c6-4-2-8-10(3-4)9-5(11)1-7/h2-3H,1H2,(H,9,11). The normalized spacial score (nSPS) is 9.64. The molecule has 1 heterocycles. The topological polar surface area (TPSA) is 46.9 Å². The molecule has 4 nitrogen and oxygen atoms in total. The highest BCUT2D eigenvalue weighted by atomic mass is 79.9. The van der Waals surface area contributed by atoms with Crippen LogP contribution in [0.15, 0.2) is 16.9 Å². The van der Waals surface area contributed by atoms with E-state index in [1.807, 2.05) is 0 Å². The van der Waals surface area contributed by atoms with Gasteiger partial charge in [0.25, 0.3) is 5.91 Å². The maximum Gasteiger partial charge on any atom is 0.254 e. The van der Waals surface area contributed by atoms with Gasteiger partial charge in [0.1, 0.15) is 5.88 Å². The van der Waals surface area contributed by atoms with E-state index in [0.29, 0.717) is 0 Å². The zero-order chi connectivity index (χ0) is 8.27. The third-order valence-corrected chi connectivity index (χ3v) is 1.56. The molecule has 0 atom stereocenters. The number of carbonyl (C=O) groups excluding carboxylic acids is 1. The van der Waals surface area contributed by atoms with Gasteiger partial charge in [-0.3, -0.25) is 4.79 Å². The van der Waals surface area contributed by atoms with Gasteiger partial charge in [-0.05, 0) is 15.9 Å². The molecule has 0 spiro atoms. The van der Waals surface area contributed by atoms with Gasteiger partial charge in [-0.1, -0.05) is 0 Å². The zero-order valence-electron chi connectivity index (χ0n) is 5.42. The summed E-state index contributed by atoms with van der Waals surface area (Å²) >= 11 is 8.42. The van der Waals surface area contributed by atoms with E-state index >= 15 is 0 Å². The highest BCUT2D eigenvalue weighted by Gasteiger charge is 1.99. The number of nitrogens with zero attached hydrogens (tertiary/aromatic N) is 2. The second-order valence-corrected chi connectivity index (χ2v) is 2.95. The van der Waals surface area contributed by atoms with Crippen LogP contribution in [0.5, 0.6) is 0 Å². The molecule has 0 saturated heterocycles. The van der Waals surface area contributed by atoms with E-state index < -0.39 is 0 Å². The summed E-state index contributed by atoms with van der Waals surface area (Å²) in [5.41, 5.74) is 2.42. The minimum atomic E-state index is -0.290. The fraction of sp³-hybridized carbons (Fsp3) is 0.200. The molecule has 1 aromatic rings. The number of nitrogens with one attached hydrogen (secondary N) is 1. The molecule has 0 aliphatic rings. The van der Waals surface area contributed by atoms with E-state index in [4.69, 9.17) is 11.6 Å². The molecule has 0 radical (unpaired) electrons. The van der Waals surface area contributed by atoms with Gasteiger partial charge in [0.2, 0.25) is 0 Å². The Hall–Kier alpha value is -0.550. The van der Waals surface area contributed by atoms with Crippen LogP contribution in [0.2, 0.25) is 0 Å². The quantitative estimate of drug-likeness (QED) is 0.780. The van der Waals surface area contributed by atoms with Crippen molar-refractivity contribution in [1.29, 1.82) is 0 Å². The number of aromatic nitrogens is 2. The van der Waals surface area contributed by atoms with Crippen LogP contribution in [-0.4, -0.2) is 21.7 Å². The van der Waals surface area contributed by atoms with Crippen molar-refractivity contribution >= 4 is 33.4 Å². The number of hydrogen-bond donors (Lipinski definition) is 1. The summed E-state index contributed by atoms with van der Waals surface area (Å²) in [4.78, 5) is 12.0. The molecule has 0 aliphatic carbocycles. The molecule has 0 fully saturated rings. The first-order valence-corrected chi connectivity index (χ1v) is 4.11. The van der Waals surface area contributed by atoms with Crippen LogP contribution in [0.4, 0.5) is 0 Å². The van der Waals surface area contributed by atoms with Crippen molar-refractivity contribution in [3.05, 3.63) is 16.9 Å². The van der Waals surface area contributed by atoms with Crippen molar-refractivity contribution < 1.29 is 4.79 Å². The van der Waals surface area contributed by atoms with Crippen LogP contribution >= 0.6 is 27.5 Å². The molecule has 0 aromatic carbocycles. The summed E-state index contributed by atoms with van der Waals surface area (Å²) in [6.45, 7) is 0. The van der Waals surface area contributed by atoms with E-state index in [-0.39, 0.29) is 11.8 Å². The molecule has 0 unspecified atom stereocenters. The predicted molar refractivity (Wildman–Crippen MR) is 45.0 cm³/mol. The Morgan fingerprint density at radius 1 is 1.91 bits per heavy atom. The van der Waals surface area contributed by atoms with E-state index in [0.717, 1.165) is 4.47 Å². The lowest BCUT2D eigenvalue weighted by Gasteiger charge is -1.99. The van der Waals surface area contributed by atoms with Crippen molar-refractivity contribution in [2.45, 2.75) is 0 Å². The Labute approximate surface area is 76.6 Å². The summed E-state index contributed by atoms with van der Waals surface area (Å²) in [5.74, 6) is -0.362. The summed E-state index contributed by atoms with van der Waals surface area (Å²) in [6, 6.07) is 0. The Kier molecular flexibility index (Phi) is 2.90. The lowest BCUT2D eigenvalue weighted by Crippen LogP contribution is -2.23. The first-order valence-electron chi connectivity index (χ1n) is 2.78. The highest BCUT2D eigenvalue weighted by molar-refractivity contribution is 9.10. The van der Waals surface area contributed by atoms with Crippen LogP contribution in [0.25, 0.3) is 0 Å². The van der Waals surface area contributed by atoms with Crippen LogP contribution in [0, 0.1) is 0 Å². The number of rotatable bonds is 2. The van der Waals surface area contributed by atoms with E-state index in [9.17, 15) is 4.79 Å². The van der Waals surface area contributed by atoms with Gasteiger partial charge in [-0.25, -0.2) is 5.43 Å². The van der Waals surface area contributed by atoms with Gasteiger partial charge in [0.15, 0.2) is 0 Å². The van der Waals surface area contributed by atoms with Crippen LogP contribution in [0.1, 0.15) is 0 Å². The van der Waals surface area contributed by atoms with Crippen molar-refractivity contribution in [1.82, 2.24) is 9.89 Å². The lowest BCUT2D eigenvalue weighted by molar-refractivity contribution is -0.114. The Bertz CT molecular complexity index is 262. The SMILES string of the molecule is O=C(CCl)Nn1cc(Br)cn1. The first-order chi connectivity index (χ1) is 5.22. The molecule has 60 valence electrons. The Morgan fingerprint density at radius 2 is 2.64 bits per heavy atom. The summed E-state index contributed by atoms with van der Waals surface area (Å²) in [5, 5.41) is 3.78. The second kappa shape index (κ2) is 3.73.